The van der Waals surface area contributed by atoms with Gasteiger partial charge in [-0.3, -0.25) is 14.5 Å². The lowest BCUT2D eigenvalue weighted by atomic mass is 9.88. The number of nitrogens with zero attached hydrogens (tertiary/aromatic N) is 1. The van der Waals surface area contributed by atoms with Crippen LogP contribution >= 0.6 is 35.3 Å². The second-order valence-electron chi connectivity index (χ2n) is 11.2. The first-order chi connectivity index (χ1) is 20.8. The number of esters is 1. The zero-order valence-electron chi connectivity index (χ0n) is 24.9. The maximum Gasteiger partial charge on any atom is 0.341 e. The predicted molar refractivity (Wildman–Crippen MR) is 175 cm³/mol. The van der Waals surface area contributed by atoms with Gasteiger partial charge in [0.1, 0.15) is 9.32 Å². The third kappa shape index (κ3) is 7.44. The number of methoxy groups -OCH3 is 1. The molecule has 2 amide bonds. The number of carbonyl (C=O) groups excluding carboxylic acids is 3. The number of thiocarbonyl (C=S) groups is 1. The van der Waals surface area contributed by atoms with E-state index in [2.05, 4.69) is 12.2 Å². The molecule has 1 saturated heterocycles. The summed E-state index contributed by atoms with van der Waals surface area (Å²) in [7, 11) is 1.61. The summed E-state index contributed by atoms with van der Waals surface area (Å²) in [5.41, 5.74) is 2.26. The van der Waals surface area contributed by atoms with Crippen LogP contribution in [0.2, 0.25) is 0 Å². The zero-order chi connectivity index (χ0) is 30.5. The van der Waals surface area contributed by atoms with Crippen LogP contribution in [0.5, 0.6) is 11.5 Å². The molecular weight excluding hydrogens is 605 g/mol. The number of anilines is 1. The van der Waals surface area contributed by atoms with Crippen LogP contribution in [0.4, 0.5) is 5.00 Å². The number of nitrogens with one attached hydrogen (secondary N) is 1. The summed E-state index contributed by atoms with van der Waals surface area (Å²) in [5, 5.41) is 3.45. The highest BCUT2D eigenvalue weighted by atomic mass is 32.2. The first-order valence-electron chi connectivity index (χ1n) is 15.0. The van der Waals surface area contributed by atoms with Crippen LogP contribution in [0, 0.1) is 5.92 Å². The monoisotopic (exact) mass is 642 g/mol. The Morgan fingerprint density at radius 2 is 1.95 bits per heavy atom. The van der Waals surface area contributed by atoms with Gasteiger partial charge in [-0.1, -0.05) is 43.4 Å². The van der Waals surface area contributed by atoms with Crippen LogP contribution in [0.15, 0.2) is 23.1 Å². The molecule has 11 heteroatoms. The van der Waals surface area contributed by atoms with Crippen molar-refractivity contribution in [2.24, 2.45) is 5.92 Å². The van der Waals surface area contributed by atoms with Crippen molar-refractivity contribution < 1.29 is 28.6 Å². The van der Waals surface area contributed by atoms with Crippen molar-refractivity contribution in [2.75, 3.05) is 25.6 Å². The predicted octanol–water partition coefficient (Wildman–Crippen LogP) is 7.00. The Morgan fingerprint density at radius 3 is 2.70 bits per heavy atom. The summed E-state index contributed by atoms with van der Waals surface area (Å²) in [6.45, 7) is 4.37. The van der Waals surface area contributed by atoms with Gasteiger partial charge in [0, 0.05) is 17.8 Å². The zero-order valence-corrected chi connectivity index (χ0v) is 27.3. The Morgan fingerprint density at radius 1 is 1.16 bits per heavy atom. The molecular formula is C32H38N2O6S3. The number of hydrogen-bond donors (Lipinski definition) is 1. The number of thioether (sulfide) groups is 1. The lowest BCUT2D eigenvalue weighted by Gasteiger charge is -2.24. The van der Waals surface area contributed by atoms with Crippen LogP contribution in [0.3, 0.4) is 0 Å². The van der Waals surface area contributed by atoms with Gasteiger partial charge in [-0.15, -0.1) is 11.3 Å². The van der Waals surface area contributed by atoms with Crippen molar-refractivity contribution in [3.8, 4) is 11.5 Å². The van der Waals surface area contributed by atoms with E-state index >= 15 is 0 Å². The molecule has 43 heavy (non-hydrogen) atoms. The summed E-state index contributed by atoms with van der Waals surface area (Å²) in [5.74, 6) is 0.930. The van der Waals surface area contributed by atoms with E-state index in [-0.39, 0.29) is 37.5 Å². The van der Waals surface area contributed by atoms with E-state index in [4.69, 9.17) is 26.4 Å². The van der Waals surface area contributed by atoms with Gasteiger partial charge in [0.25, 0.3) is 5.91 Å². The van der Waals surface area contributed by atoms with E-state index in [1.165, 1.54) is 47.3 Å². The fourth-order valence-corrected chi connectivity index (χ4v) is 8.46. The number of rotatable bonds is 10. The van der Waals surface area contributed by atoms with Crippen LogP contribution in [0.1, 0.15) is 85.2 Å². The average Bonchev–Trinajstić information content (AvgIpc) is 3.47. The van der Waals surface area contributed by atoms with Crippen molar-refractivity contribution in [3.05, 3.63) is 44.7 Å². The number of hydrogen-bond acceptors (Lipinski definition) is 9. The average molecular weight is 643 g/mol. The molecule has 2 aromatic rings. The first-order valence-corrected chi connectivity index (χ1v) is 17.0. The topological polar surface area (TPSA) is 94.2 Å². The Balaban J connectivity index is 1.22. The van der Waals surface area contributed by atoms with E-state index in [1.54, 1.807) is 20.1 Å². The molecule has 1 aromatic carbocycles. The van der Waals surface area contributed by atoms with Gasteiger partial charge in [0.05, 0.1) is 30.3 Å². The molecule has 0 spiro atoms. The number of amides is 2. The van der Waals surface area contributed by atoms with Gasteiger partial charge in [-0.2, -0.15) is 0 Å². The summed E-state index contributed by atoms with van der Waals surface area (Å²) >= 11 is 8.16. The molecule has 5 rings (SSSR count). The van der Waals surface area contributed by atoms with Gasteiger partial charge < -0.3 is 19.5 Å². The lowest BCUT2D eigenvalue weighted by Crippen LogP contribution is -2.31. The van der Waals surface area contributed by atoms with Crippen molar-refractivity contribution in [3.63, 3.8) is 0 Å². The fraction of sp³-hybridized carbons (Fsp3) is 0.500. The van der Waals surface area contributed by atoms with E-state index in [0.29, 0.717) is 37.2 Å². The molecule has 1 unspecified atom stereocenters. The smallest absolute Gasteiger partial charge is 0.341 e. The second-order valence-corrected chi connectivity index (χ2v) is 14.0. The quantitative estimate of drug-likeness (QED) is 0.168. The molecule has 2 fully saturated rings. The third-order valence-corrected chi connectivity index (χ3v) is 10.6. The van der Waals surface area contributed by atoms with Gasteiger partial charge >= 0.3 is 5.97 Å². The van der Waals surface area contributed by atoms with Gasteiger partial charge in [0.2, 0.25) is 5.91 Å². The molecule has 0 bridgehead atoms. The van der Waals surface area contributed by atoms with Crippen LogP contribution in [-0.2, 0) is 27.2 Å². The van der Waals surface area contributed by atoms with E-state index < -0.39 is 5.97 Å². The Labute approximate surface area is 266 Å². The minimum atomic E-state index is -0.405. The molecule has 1 N–H and O–H groups in total. The normalized spacial score (nSPS) is 19.8. The van der Waals surface area contributed by atoms with Crippen molar-refractivity contribution in [1.82, 2.24) is 4.90 Å². The van der Waals surface area contributed by atoms with Crippen LogP contribution in [-0.4, -0.2) is 53.4 Å². The molecule has 0 radical (unpaired) electrons. The summed E-state index contributed by atoms with van der Waals surface area (Å²) < 4.78 is 17.5. The van der Waals surface area contributed by atoms with Crippen LogP contribution in [0.25, 0.3) is 6.08 Å². The second kappa shape index (κ2) is 14.3. The molecule has 2 heterocycles. The summed E-state index contributed by atoms with van der Waals surface area (Å²) in [6, 6.07) is 5.65. The number of thiophene rings is 1. The standard InChI is InChI=1S/C32H38N2O6S3/c1-4-39-31(37)28-22-12-10-19(2)16-25(22)42-29(28)33-27(35)14-15-34-30(36)26(43-32(34)41)18-20-11-13-23(24(17-20)38-3)40-21-8-6-5-7-9-21/h11,13,17-19,21H,4-10,12,14-16H2,1-3H3,(H,33,35)/b26-18-. The SMILES string of the molecule is CCOC(=O)c1c(NC(=O)CCN2C(=O)/C(=C/c3ccc(OC4CCCCC4)c(OC)c3)SC2=S)sc2c1CCC(C)C2. The van der Waals surface area contributed by atoms with Gasteiger partial charge in [-0.25, -0.2) is 4.79 Å². The first kappa shape index (κ1) is 31.5. The molecule has 8 nitrogen and oxygen atoms in total. The van der Waals surface area contributed by atoms with Crippen LogP contribution < -0.4 is 14.8 Å². The molecule has 3 aliphatic rings. The highest BCUT2D eigenvalue weighted by molar-refractivity contribution is 8.26. The van der Waals surface area contributed by atoms with Crippen molar-refractivity contribution in [1.29, 1.82) is 0 Å². The molecule has 230 valence electrons. The van der Waals surface area contributed by atoms with Gasteiger partial charge in [-0.05, 0) is 87.1 Å². The van der Waals surface area contributed by atoms with E-state index in [0.717, 1.165) is 48.1 Å². The number of fused-ring (bicyclic) bond motifs is 1. The Kier molecular flexibility index (Phi) is 10.5. The highest BCUT2D eigenvalue weighted by Gasteiger charge is 2.33. The Bertz CT molecular complexity index is 1430. The maximum atomic E-state index is 13.3. The molecule has 1 aliphatic heterocycles. The number of ether oxygens (including phenoxy) is 3. The number of benzene rings is 1. The largest absolute Gasteiger partial charge is 0.493 e. The third-order valence-electron chi connectivity index (χ3n) is 8.01. The van der Waals surface area contributed by atoms with Crippen molar-refractivity contribution >= 4 is 68.5 Å². The maximum absolute atomic E-state index is 13.3. The molecule has 2 aliphatic carbocycles. The van der Waals surface area contributed by atoms with Crippen molar-refractivity contribution in [2.45, 2.75) is 77.7 Å². The fourth-order valence-electron chi connectivity index (χ4n) is 5.74. The van der Waals surface area contributed by atoms with E-state index in [1.807, 2.05) is 18.2 Å². The summed E-state index contributed by atoms with van der Waals surface area (Å²) in [6.07, 6.45) is 10.4. The summed E-state index contributed by atoms with van der Waals surface area (Å²) in [4.78, 5) is 42.1. The number of carbonyl (C=O) groups is 3. The molecule has 1 aromatic heterocycles. The lowest BCUT2D eigenvalue weighted by molar-refractivity contribution is -0.122. The minimum Gasteiger partial charge on any atom is -0.493 e. The molecule has 1 atom stereocenters. The minimum absolute atomic E-state index is 0.0436. The Hall–Kier alpha value is -2.89. The van der Waals surface area contributed by atoms with Gasteiger partial charge in [0.15, 0.2) is 11.5 Å². The van der Waals surface area contributed by atoms with E-state index in [9.17, 15) is 14.4 Å². The molecule has 1 saturated carbocycles. The highest BCUT2D eigenvalue weighted by Crippen LogP contribution is 2.40.